The number of aliphatic hydroxyl groups excluding tert-OH is 1. The fraction of sp³-hybridized carbons (Fsp3) is 1.00. The van der Waals surface area contributed by atoms with Gasteiger partial charge >= 0.3 is 0 Å². The molecule has 1 N–H and O–H groups in total. The molecule has 1 heterocycles. The Balaban J connectivity index is 2.01. The molecule has 1 rings (SSSR count). The van der Waals surface area contributed by atoms with E-state index in [1.54, 1.807) is 6.92 Å². The van der Waals surface area contributed by atoms with Gasteiger partial charge in [0.2, 0.25) is 0 Å². The lowest BCUT2D eigenvalue weighted by atomic mass is 10.3. The summed E-state index contributed by atoms with van der Waals surface area (Å²) in [5.41, 5.74) is 0. The van der Waals surface area contributed by atoms with Crippen molar-refractivity contribution in [1.29, 1.82) is 0 Å². The minimum atomic E-state index is -0.385. The lowest BCUT2D eigenvalue weighted by Crippen LogP contribution is -2.18. The largest absolute Gasteiger partial charge is 0.391 e. The van der Waals surface area contributed by atoms with Crippen molar-refractivity contribution in [3.63, 3.8) is 0 Å². The quantitative estimate of drug-likeness (QED) is 0.631. The second-order valence-corrected chi connectivity index (χ2v) is 2.62. The van der Waals surface area contributed by atoms with Gasteiger partial charge in [0, 0.05) is 13.0 Å². The molecule has 0 bridgehead atoms. The van der Waals surface area contributed by atoms with Gasteiger partial charge in [-0.2, -0.15) is 0 Å². The molecule has 3 heteroatoms. The first-order valence-corrected chi connectivity index (χ1v) is 3.70. The van der Waals surface area contributed by atoms with Crippen molar-refractivity contribution in [2.45, 2.75) is 32.2 Å². The zero-order chi connectivity index (χ0) is 7.40. The highest BCUT2D eigenvalue weighted by molar-refractivity contribution is 4.55. The zero-order valence-electron chi connectivity index (χ0n) is 6.25. The highest BCUT2D eigenvalue weighted by Crippen LogP contribution is 2.12. The Hall–Kier alpha value is -0.120. The standard InChI is InChI=1S/C7H14O3/c1-6(8)5-10-7-3-2-4-9-7/h6-8H,2-5H2,1H3. The second kappa shape index (κ2) is 3.91. The molecule has 60 valence electrons. The molecule has 0 aromatic rings. The molecule has 0 aromatic heterocycles. The minimum Gasteiger partial charge on any atom is -0.391 e. The van der Waals surface area contributed by atoms with Gasteiger partial charge in [-0.15, -0.1) is 0 Å². The van der Waals surface area contributed by atoms with Crippen molar-refractivity contribution in [2.75, 3.05) is 13.2 Å². The van der Waals surface area contributed by atoms with Crippen LogP contribution in [-0.4, -0.2) is 30.7 Å². The van der Waals surface area contributed by atoms with E-state index in [0.29, 0.717) is 6.61 Å². The van der Waals surface area contributed by atoms with Gasteiger partial charge in [-0.3, -0.25) is 0 Å². The molecule has 2 atom stereocenters. The summed E-state index contributed by atoms with van der Waals surface area (Å²) < 4.78 is 10.4. The third kappa shape index (κ3) is 2.64. The monoisotopic (exact) mass is 146 g/mol. The second-order valence-electron chi connectivity index (χ2n) is 2.62. The van der Waals surface area contributed by atoms with E-state index in [0.717, 1.165) is 19.4 Å². The van der Waals surface area contributed by atoms with Gasteiger partial charge in [0.1, 0.15) is 0 Å². The number of hydrogen-bond acceptors (Lipinski definition) is 3. The van der Waals surface area contributed by atoms with Crippen molar-refractivity contribution in [3.05, 3.63) is 0 Å². The molecule has 1 fully saturated rings. The van der Waals surface area contributed by atoms with Crippen LogP contribution >= 0.6 is 0 Å². The third-order valence-corrected chi connectivity index (χ3v) is 1.41. The van der Waals surface area contributed by atoms with Gasteiger partial charge in [-0.1, -0.05) is 0 Å². The van der Waals surface area contributed by atoms with Crippen LogP contribution in [0.5, 0.6) is 0 Å². The molecule has 0 saturated carbocycles. The first kappa shape index (κ1) is 7.98. The Bertz CT molecular complexity index is 86.9. The van der Waals surface area contributed by atoms with Crippen LogP contribution in [0.4, 0.5) is 0 Å². The normalized spacial score (nSPS) is 28.8. The summed E-state index contributed by atoms with van der Waals surface area (Å²) in [6, 6.07) is 0. The first-order chi connectivity index (χ1) is 4.79. The first-order valence-electron chi connectivity index (χ1n) is 3.70. The van der Waals surface area contributed by atoms with E-state index >= 15 is 0 Å². The molecule has 0 aliphatic carbocycles. The Morgan fingerprint density at radius 1 is 1.80 bits per heavy atom. The molecule has 10 heavy (non-hydrogen) atoms. The van der Waals surface area contributed by atoms with Crippen LogP contribution < -0.4 is 0 Å². The topological polar surface area (TPSA) is 38.7 Å². The maximum atomic E-state index is 8.83. The van der Waals surface area contributed by atoms with Crippen LogP contribution in [0, 0.1) is 0 Å². The number of aliphatic hydroxyl groups is 1. The smallest absolute Gasteiger partial charge is 0.157 e. The van der Waals surface area contributed by atoms with Gasteiger partial charge in [0.25, 0.3) is 0 Å². The molecule has 1 saturated heterocycles. The van der Waals surface area contributed by atoms with Crippen LogP contribution in [0.2, 0.25) is 0 Å². The summed E-state index contributed by atoms with van der Waals surface area (Å²) >= 11 is 0. The molecular weight excluding hydrogens is 132 g/mol. The van der Waals surface area contributed by atoms with Gasteiger partial charge in [-0.25, -0.2) is 0 Å². The molecule has 3 nitrogen and oxygen atoms in total. The summed E-state index contributed by atoms with van der Waals surface area (Å²) in [5, 5.41) is 8.83. The summed E-state index contributed by atoms with van der Waals surface area (Å²) in [4.78, 5) is 0. The number of hydrogen-bond donors (Lipinski definition) is 1. The summed E-state index contributed by atoms with van der Waals surface area (Å²) in [6.07, 6.45) is 1.59. The number of rotatable bonds is 3. The maximum Gasteiger partial charge on any atom is 0.157 e. The Morgan fingerprint density at radius 2 is 2.60 bits per heavy atom. The fourth-order valence-electron chi connectivity index (χ4n) is 0.926. The highest BCUT2D eigenvalue weighted by Gasteiger charge is 2.15. The third-order valence-electron chi connectivity index (χ3n) is 1.41. The highest BCUT2D eigenvalue weighted by atomic mass is 16.7. The Labute approximate surface area is 60.9 Å². The minimum absolute atomic E-state index is 0.0606. The van der Waals surface area contributed by atoms with Crippen LogP contribution in [0.15, 0.2) is 0 Å². The summed E-state index contributed by atoms with van der Waals surface area (Å²) in [7, 11) is 0. The lowest BCUT2D eigenvalue weighted by molar-refractivity contribution is -0.127. The van der Waals surface area contributed by atoms with E-state index in [4.69, 9.17) is 14.6 Å². The van der Waals surface area contributed by atoms with Gasteiger partial charge < -0.3 is 14.6 Å². The van der Waals surface area contributed by atoms with Crippen LogP contribution in [-0.2, 0) is 9.47 Å². The lowest BCUT2D eigenvalue weighted by Gasteiger charge is -2.11. The average molecular weight is 146 g/mol. The summed E-state index contributed by atoms with van der Waals surface area (Å²) in [6.45, 7) is 2.88. The van der Waals surface area contributed by atoms with Crippen molar-refractivity contribution in [3.8, 4) is 0 Å². The van der Waals surface area contributed by atoms with E-state index in [2.05, 4.69) is 0 Å². The fourth-order valence-corrected chi connectivity index (χ4v) is 0.926. The van der Waals surface area contributed by atoms with Crippen molar-refractivity contribution < 1.29 is 14.6 Å². The van der Waals surface area contributed by atoms with Gasteiger partial charge in [0.15, 0.2) is 6.29 Å². The number of ether oxygens (including phenoxy) is 2. The Kier molecular flexibility index (Phi) is 3.12. The predicted octanol–water partition coefficient (Wildman–Crippen LogP) is 0.520. The van der Waals surface area contributed by atoms with Crippen molar-refractivity contribution >= 4 is 0 Å². The van der Waals surface area contributed by atoms with Crippen molar-refractivity contribution in [1.82, 2.24) is 0 Å². The molecule has 0 aromatic carbocycles. The van der Waals surface area contributed by atoms with E-state index < -0.39 is 0 Å². The van der Waals surface area contributed by atoms with Crippen molar-refractivity contribution in [2.24, 2.45) is 0 Å². The SMILES string of the molecule is CC(O)COC1CCCO1. The molecule has 0 amide bonds. The van der Waals surface area contributed by atoms with Gasteiger partial charge in [0.05, 0.1) is 12.7 Å². The predicted molar refractivity (Wildman–Crippen MR) is 36.6 cm³/mol. The zero-order valence-corrected chi connectivity index (χ0v) is 6.25. The van der Waals surface area contributed by atoms with Gasteiger partial charge in [-0.05, 0) is 13.3 Å². The van der Waals surface area contributed by atoms with Crippen LogP contribution in [0.25, 0.3) is 0 Å². The van der Waals surface area contributed by atoms with Crippen LogP contribution in [0.1, 0.15) is 19.8 Å². The van der Waals surface area contributed by atoms with E-state index in [1.165, 1.54) is 0 Å². The molecular formula is C7H14O3. The van der Waals surface area contributed by atoms with E-state index in [1.807, 2.05) is 0 Å². The van der Waals surface area contributed by atoms with E-state index in [9.17, 15) is 0 Å². The Morgan fingerprint density at radius 3 is 3.10 bits per heavy atom. The van der Waals surface area contributed by atoms with Crippen LogP contribution in [0.3, 0.4) is 0 Å². The molecule has 0 spiro atoms. The maximum absolute atomic E-state index is 8.83. The molecule has 1 aliphatic rings. The molecule has 2 unspecified atom stereocenters. The molecule has 1 aliphatic heterocycles. The molecule has 0 radical (unpaired) electrons. The van der Waals surface area contributed by atoms with E-state index in [-0.39, 0.29) is 12.4 Å². The average Bonchev–Trinajstić information content (AvgIpc) is 2.34. The summed E-state index contributed by atoms with van der Waals surface area (Å²) in [5.74, 6) is 0.